The Bertz CT molecular complexity index is 893. The van der Waals surface area contributed by atoms with Crippen molar-refractivity contribution in [2.24, 2.45) is 0 Å². The van der Waals surface area contributed by atoms with Crippen LogP contribution in [0.2, 0.25) is 0 Å². The van der Waals surface area contributed by atoms with Gasteiger partial charge in [0.25, 0.3) is 0 Å². The minimum Gasteiger partial charge on any atom is -0.449 e. The Labute approximate surface area is 155 Å². The van der Waals surface area contributed by atoms with E-state index < -0.39 is 17.6 Å². The van der Waals surface area contributed by atoms with Gasteiger partial charge in [-0.05, 0) is 38.1 Å². The molecule has 0 saturated carbocycles. The number of hydrogen-bond donors (Lipinski definition) is 1. The number of hydrogen-bond acceptors (Lipinski definition) is 5. The molecule has 0 radical (unpaired) electrons. The SMILES string of the molecule is CCOC(=O)N(C1=CC(Cl)C(F)C=C1)c1c(NC)oc2c(C)nccc12. The van der Waals surface area contributed by atoms with E-state index in [0.717, 1.165) is 0 Å². The van der Waals surface area contributed by atoms with Crippen molar-refractivity contribution in [3.63, 3.8) is 0 Å². The van der Waals surface area contributed by atoms with Crippen molar-refractivity contribution in [2.45, 2.75) is 25.4 Å². The molecule has 6 nitrogen and oxygen atoms in total. The van der Waals surface area contributed by atoms with Crippen LogP contribution < -0.4 is 10.2 Å². The Morgan fingerprint density at radius 1 is 1.54 bits per heavy atom. The maximum atomic E-state index is 13.7. The van der Waals surface area contributed by atoms with Gasteiger partial charge in [0.15, 0.2) is 5.58 Å². The highest BCUT2D eigenvalue weighted by molar-refractivity contribution is 6.22. The number of ether oxygens (including phenoxy) is 1. The van der Waals surface area contributed by atoms with Gasteiger partial charge >= 0.3 is 6.09 Å². The zero-order chi connectivity index (χ0) is 18.8. The Morgan fingerprint density at radius 3 is 2.96 bits per heavy atom. The highest BCUT2D eigenvalue weighted by Gasteiger charge is 2.31. The van der Waals surface area contributed by atoms with Crippen molar-refractivity contribution < 1.29 is 18.3 Å². The normalized spacial score (nSPS) is 19.3. The van der Waals surface area contributed by atoms with Crippen LogP contribution in [0.1, 0.15) is 12.6 Å². The summed E-state index contributed by atoms with van der Waals surface area (Å²) in [6.45, 7) is 3.71. The van der Waals surface area contributed by atoms with Gasteiger partial charge in [-0.2, -0.15) is 0 Å². The molecule has 2 aromatic rings. The number of alkyl halides is 2. The highest BCUT2D eigenvalue weighted by Crippen LogP contribution is 2.41. The summed E-state index contributed by atoms with van der Waals surface area (Å²) in [6.07, 6.45) is 4.00. The van der Waals surface area contributed by atoms with E-state index in [-0.39, 0.29) is 6.61 Å². The summed E-state index contributed by atoms with van der Waals surface area (Å²) in [5.74, 6) is 0.368. The number of anilines is 2. The largest absolute Gasteiger partial charge is 0.449 e. The first-order chi connectivity index (χ1) is 12.5. The summed E-state index contributed by atoms with van der Waals surface area (Å²) < 4.78 is 24.8. The lowest BCUT2D eigenvalue weighted by Gasteiger charge is -2.26. The molecule has 0 fully saturated rings. The number of pyridine rings is 1. The number of aromatic nitrogens is 1. The lowest BCUT2D eigenvalue weighted by Crippen LogP contribution is -2.33. The summed E-state index contributed by atoms with van der Waals surface area (Å²) in [5.41, 5.74) is 2.10. The number of carbonyl (C=O) groups excluding carboxylic acids is 1. The number of furan rings is 1. The number of nitrogens with zero attached hydrogens (tertiary/aromatic N) is 2. The second kappa shape index (κ2) is 7.37. The number of amides is 1. The maximum absolute atomic E-state index is 13.7. The van der Waals surface area contributed by atoms with E-state index in [9.17, 15) is 9.18 Å². The quantitative estimate of drug-likeness (QED) is 0.790. The van der Waals surface area contributed by atoms with Gasteiger partial charge in [-0.1, -0.05) is 0 Å². The summed E-state index contributed by atoms with van der Waals surface area (Å²) in [5, 5.41) is 2.74. The molecule has 0 aromatic carbocycles. The fraction of sp³-hybridized carbons (Fsp3) is 0.333. The third-order valence-electron chi connectivity index (χ3n) is 4.00. The molecule has 0 aliphatic heterocycles. The van der Waals surface area contributed by atoms with E-state index in [4.69, 9.17) is 20.8 Å². The summed E-state index contributed by atoms with van der Waals surface area (Å²) in [6, 6.07) is 1.75. The minimum atomic E-state index is -1.32. The predicted molar refractivity (Wildman–Crippen MR) is 99.6 cm³/mol. The predicted octanol–water partition coefficient (Wildman–Crippen LogP) is 4.54. The molecule has 2 heterocycles. The number of aryl methyl sites for hydroxylation is 1. The van der Waals surface area contributed by atoms with Crippen LogP contribution in [-0.2, 0) is 4.74 Å². The van der Waals surface area contributed by atoms with Crippen molar-refractivity contribution in [3.8, 4) is 0 Å². The van der Waals surface area contributed by atoms with Crippen LogP contribution in [0.15, 0.2) is 40.6 Å². The third kappa shape index (κ3) is 3.14. The van der Waals surface area contributed by atoms with E-state index in [1.165, 1.54) is 23.1 Å². The van der Waals surface area contributed by atoms with Gasteiger partial charge in [-0.25, -0.2) is 14.1 Å². The summed E-state index contributed by atoms with van der Waals surface area (Å²) in [4.78, 5) is 18.3. The zero-order valence-corrected chi connectivity index (χ0v) is 15.4. The van der Waals surface area contributed by atoms with Crippen LogP contribution in [0, 0.1) is 6.92 Å². The fourth-order valence-electron chi connectivity index (χ4n) is 2.80. The maximum Gasteiger partial charge on any atom is 0.419 e. The number of carbonyl (C=O) groups is 1. The Kier molecular flexibility index (Phi) is 5.18. The van der Waals surface area contributed by atoms with Crippen molar-refractivity contribution in [1.29, 1.82) is 0 Å². The van der Waals surface area contributed by atoms with Gasteiger partial charge in [-0.15, -0.1) is 11.6 Å². The molecule has 8 heteroatoms. The molecule has 2 unspecified atom stereocenters. The smallest absolute Gasteiger partial charge is 0.419 e. The van der Waals surface area contributed by atoms with Gasteiger partial charge in [0.2, 0.25) is 5.88 Å². The Hall–Kier alpha value is -2.54. The lowest BCUT2D eigenvalue weighted by molar-refractivity contribution is 0.162. The lowest BCUT2D eigenvalue weighted by atomic mass is 10.1. The number of allylic oxidation sites excluding steroid dienone is 3. The Balaban J connectivity index is 2.22. The molecule has 1 aliphatic rings. The molecule has 26 heavy (non-hydrogen) atoms. The monoisotopic (exact) mass is 379 g/mol. The number of fused-ring (bicyclic) bond motifs is 1. The van der Waals surface area contributed by atoms with Crippen LogP contribution in [0.25, 0.3) is 11.0 Å². The standard InChI is InChI=1S/C18H19ClFN3O3/c1-4-25-18(24)23(11-5-6-14(20)13(19)9-11)15-12-7-8-22-10(2)16(12)26-17(15)21-3/h5-9,13-14,21H,4H2,1-3H3. The molecule has 3 rings (SSSR count). The van der Waals surface area contributed by atoms with Crippen molar-refractivity contribution in [1.82, 2.24) is 4.98 Å². The summed E-state index contributed by atoms with van der Waals surface area (Å²) in [7, 11) is 1.68. The van der Waals surface area contributed by atoms with Gasteiger partial charge in [0.05, 0.1) is 23.1 Å². The average Bonchev–Trinajstić information content (AvgIpc) is 2.98. The zero-order valence-electron chi connectivity index (χ0n) is 14.6. The second-order valence-electron chi connectivity index (χ2n) is 5.68. The molecule has 0 bridgehead atoms. The van der Waals surface area contributed by atoms with Crippen molar-refractivity contribution >= 4 is 40.2 Å². The average molecular weight is 380 g/mol. The van der Waals surface area contributed by atoms with Crippen molar-refractivity contribution in [3.05, 3.63) is 41.9 Å². The van der Waals surface area contributed by atoms with Gasteiger partial charge in [0, 0.05) is 18.9 Å². The fourth-order valence-corrected chi connectivity index (χ4v) is 3.02. The van der Waals surface area contributed by atoms with E-state index in [0.29, 0.717) is 33.9 Å². The van der Waals surface area contributed by atoms with E-state index in [1.54, 1.807) is 26.2 Å². The number of rotatable bonds is 4. The van der Waals surface area contributed by atoms with Crippen LogP contribution in [0.4, 0.5) is 20.8 Å². The molecule has 1 amide bonds. The van der Waals surface area contributed by atoms with Crippen LogP contribution in [0.5, 0.6) is 0 Å². The molecule has 138 valence electrons. The molecular formula is C18H19ClFN3O3. The molecule has 2 atom stereocenters. The van der Waals surface area contributed by atoms with E-state index >= 15 is 0 Å². The van der Waals surface area contributed by atoms with Gasteiger partial charge in [-0.3, -0.25) is 4.98 Å². The van der Waals surface area contributed by atoms with Crippen LogP contribution in [0.3, 0.4) is 0 Å². The Morgan fingerprint density at radius 2 is 2.31 bits per heavy atom. The van der Waals surface area contributed by atoms with Gasteiger partial charge in [0.1, 0.15) is 11.9 Å². The highest BCUT2D eigenvalue weighted by atomic mass is 35.5. The first-order valence-corrected chi connectivity index (χ1v) is 8.62. The molecule has 0 saturated heterocycles. The van der Waals surface area contributed by atoms with Crippen molar-refractivity contribution in [2.75, 3.05) is 23.9 Å². The second-order valence-corrected chi connectivity index (χ2v) is 6.18. The van der Waals surface area contributed by atoms with E-state index in [1.807, 2.05) is 6.92 Å². The minimum absolute atomic E-state index is 0.188. The first-order valence-electron chi connectivity index (χ1n) is 8.18. The molecule has 1 N–H and O–H groups in total. The third-order valence-corrected chi connectivity index (χ3v) is 4.37. The van der Waals surface area contributed by atoms with Crippen LogP contribution in [-0.4, -0.2) is 36.3 Å². The molecule has 2 aromatic heterocycles. The number of nitrogens with one attached hydrogen (secondary N) is 1. The van der Waals surface area contributed by atoms with Crippen LogP contribution >= 0.6 is 11.6 Å². The molecule has 1 aliphatic carbocycles. The first kappa shape index (κ1) is 18.3. The van der Waals surface area contributed by atoms with Gasteiger partial charge < -0.3 is 14.5 Å². The summed E-state index contributed by atoms with van der Waals surface area (Å²) >= 11 is 6.04. The molecule has 0 spiro atoms. The van der Waals surface area contributed by atoms with E-state index in [2.05, 4.69) is 10.3 Å². The molecular weight excluding hydrogens is 361 g/mol. The number of halogens is 2. The topological polar surface area (TPSA) is 67.6 Å².